The summed E-state index contributed by atoms with van der Waals surface area (Å²) in [6, 6.07) is 21.0. The van der Waals surface area contributed by atoms with Gasteiger partial charge in [0.1, 0.15) is 17.3 Å². The number of nitrogen functional groups attached to an aromatic ring is 1. The van der Waals surface area contributed by atoms with Crippen LogP contribution in [0.25, 0.3) is 21.1 Å². The van der Waals surface area contributed by atoms with E-state index in [1.54, 1.807) is 61.5 Å². The van der Waals surface area contributed by atoms with E-state index in [4.69, 9.17) is 20.9 Å². The number of thiazole rings is 1. The van der Waals surface area contributed by atoms with Crippen LogP contribution in [0.15, 0.2) is 83.9 Å². The Labute approximate surface area is 241 Å². The van der Waals surface area contributed by atoms with Crippen molar-refractivity contribution in [3.05, 3.63) is 95.1 Å². The number of nitrogens with zero attached hydrogens (tertiary/aromatic N) is 3. The zero-order valence-electron chi connectivity index (χ0n) is 21.4. The number of aromatic nitrogens is 2. The molecule has 2 heterocycles. The number of fused-ring (bicyclic) bond motifs is 2. The molecule has 0 saturated heterocycles. The van der Waals surface area contributed by atoms with Crippen molar-refractivity contribution >= 4 is 72.4 Å². The molecule has 12 heteroatoms. The smallest absolute Gasteiger partial charge is 0.326 e. The van der Waals surface area contributed by atoms with Gasteiger partial charge in [0.25, 0.3) is 10.0 Å². The normalized spacial score (nSPS) is 11.2. The lowest BCUT2D eigenvalue weighted by Crippen LogP contribution is -2.36. The standard InChI is InChI=1S/C28H25N5O4S2.ClH/c1-2-37-26(34)17-33(39(35,36)24-7-3-5-19-6-4-14-31-27(19)24)21-12-13-23-22(16-21)32-25(38-23)15-18-8-10-20(11-9-18)28(29)30;/h3-14,16H,2,15,17H2,1H3,(H3,29,30);1H. The van der Waals surface area contributed by atoms with Crippen LogP contribution < -0.4 is 10.0 Å². The van der Waals surface area contributed by atoms with Gasteiger partial charge in [-0.2, -0.15) is 0 Å². The summed E-state index contributed by atoms with van der Waals surface area (Å²) in [5.41, 5.74) is 8.44. The van der Waals surface area contributed by atoms with E-state index in [2.05, 4.69) is 4.98 Å². The van der Waals surface area contributed by atoms with Gasteiger partial charge in [-0.15, -0.1) is 23.7 Å². The molecule has 0 aliphatic rings. The van der Waals surface area contributed by atoms with Crippen LogP contribution in [-0.4, -0.2) is 43.3 Å². The quantitative estimate of drug-likeness (QED) is 0.140. The number of amidine groups is 1. The number of hydrogen-bond acceptors (Lipinski definition) is 8. The van der Waals surface area contributed by atoms with Gasteiger partial charge >= 0.3 is 5.97 Å². The van der Waals surface area contributed by atoms with E-state index in [1.807, 2.05) is 12.1 Å². The summed E-state index contributed by atoms with van der Waals surface area (Å²) >= 11 is 1.50. The lowest BCUT2D eigenvalue weighted by Gasteiger charge is -2.24. The van der Waals surface area contributed by atoms with Crippen LogP contribution in [0.1, 0.15) is 23.1 Å². The molecule has 0 aliphatic carbocycles. The van der Waals surface area contributed by atoms with Crippen LogP contribution in [0.2, 0.25) is 0 Å². The second-order valence-corrected chi connectivity index (χ2v) is 11.6. The lowest BCUT2D eigenvalue weighted by atomic mass is 10.1. The molecule has 0 spiro atoms. The van der Waals surface area contributed by atoms with Gasteiger partial charge in [-0.25, -0.2) is 13.4 Å². The van der Waals surface area contributed by atoms with Crippen LogP contribution in [0.3, 0.4) is 0 Å². The summed E-state index contributed by atoms with van der Waals surface area (Å²) in [6.07, 6.45) is 2.10. The summed E-state index contributed by atoms with van der Waals surface area (Å²) in [5.74, 6) is -0.655. The van der Waals surface area contributed by atoms with Crippen LogP contribution >= 0.6 is 23.7 Å². The minimum Gasteiger partial charge on any atom is -0.465 e. The molecule has 5 aromatic rings. The predicted octanol–water partition coefficient (Wildman–Crippen LogP) is 4.90. The second-order valence-electron chi connectivity index (χ2n) is 8.69. The number of ether oxygens (including phenoxy) is 1. The number of nitrogens with two attached hydrogens (primary N) is 1. The van der Waals surface area contributed by atoms with Crippen molar-refractivity contribution in [3.8, 4) is 0 Å². The Morgan fingerprint density at radius 3 is 2.55 bits per heavy atom. The van der Waals surface area contributed by atoms with E-state index < -0.39 is 22.5 Å². The Kier molecular flexibility index (Phi) is 8.67. The molecule has 40 heavy (non-hydrogen) atoms. The fraction of sp³-hybridized carbons (Fsp3) is 0.143. The number of sulfonamides is 1. The van der Waals surface area contributed by atoms with Gasteiger partial charge in [-0.1, -0.05) is 42.5 Å². The first-order chi connectivity index (χ1) is 18.8. The maximum absolute atomic E-state index is 14.0. The van der Waals surface area contributed by atoms with E-state index in [0.29, 0.717) is 34.1 Å². The number of anilines is 1. The molecule has 0 saturated carbocycles. The Morgan fingerprint density at radius 2 is 1.82 bits per heavy atom. The van der Waals surface area contributed by atoms with Gasteiger partial charge in [0.2, 0.25) is 0 Å². The van der Waals surface area contributed by atoms with Crippen molar-refractivity contribution in [3.63, 3.8) is 0 Å². The minimum atomic E-state index is -4.20. The number of pyridine rings is 1. The fourth-order valence-electron chi connectivity index (χ4n) is 4.21. The van der Waals surface area contributed by atoms with E-state index in [9.17, 15) is 13.2 Å². The molecule has 0 unspecified atom stereocenters. The number of benzene rings is 3. The molecule has 5 rings (SSSR count). The first-order valence-corrected chi connectivity index (χ1v) is 14.4. The highest BCUT2D eigenvalue weighted by molar-refractivity contribution is 7.93. The number of hydrogen-bond donors (Lipinski definition) is 2. The molecule has 0 atom stereocenters. The van der Waals surface area contributed by atoms with Gasteiger partial charge in [-0.3, -0.25) is 19.5 Å². The number of halogens is 1. The third-order valence-electron chi connectivity index (χ3n) is 6.07. The molecule has 3 N–H and O–H groups in total. The summed E-state index contributed by atoms with van der Waals surface area (Å²) in [7, 11) is -4.20. The number of esters is 1. The first-order valence-electron chi connectivity index (χ1n) is 12.1. The van der Waals surface area contributed by atoms with Crippen molar-refractivity contribution in [1.29, 1.82) is 5.41 Å². The van der Waals surface area contributed by atoms with Gasteiger partial charge in [0.05, 0.1) is 33.0 Å². The van der Waals surface area contributed by atoms with E-state index in [0.717, 1.165) is 19.6 Å². The summed E-state index contributed by atoms with van der Waals surface area (Å²) in [6.45, 7) is 1.30. The molecule has 0 amide bonds. The predicted molar refractivity (Wildman–Crippen MR) is 160 cm³/mol. The zero-order chi connectivity index (χ0) is 27.6. The van der Waals surface area contributed by atoms with Crippen LogP contribution in [-0.2, 0) is 26.0 Å². The molecule has 0 aliphatic heterocycles. The largest absolute Gasteiger partial charge is 0.465 e. The molecular weight excluding hydrogens is 570 g/mol. The third-order valence-corrected chi connectivity index (χ3v) is 8.91. The van der Waals surface area contributed by atoms with Crippen molar-refractivity contribution < 1.29 is 17.9 Å². The monoisotopic (exact) mass is 595 g/mol. The Hall–Kier alpha value is -4.06. The van der Waals surface area contributed by atoms with E-state index in [1.165, 1.54) is 23.6 Å². The number of carbonyl (C=O) groups is 1. The third kappa shape index (κ3) is 5.91. The highest BCUT2D eigenvalue weighted by Crippen LogP contribution is 2.32. The number of nitrogens with one attached hydrogen (secondary N) is 1. The van der Waals surface area contributed by atoms with Crippen molar-refractivity contribution in [2.24, 2.45) is 5.73 Å². The average molecular weight is 596 g/mol. The maximum atomic E-state index is 14.0. The highest BCUT2D eigenvalue weighted by atomic mass is 35.5. The molecule has 0 radical (unpaired) electrons. The van der Waals surface area contributed by atoms with Gasteiger partial charge in [0, 0.05) is 23.6 Å². The Balaban J connectivity index is 0.00000370. The molecule has 0 bridgehead atoms. The van der Waals surface area contributed by atoms with Crippen molar-refractivity contribution in [2.75, 3.05) is 17.5 Å². The van der Waals surface area contributed by atoms with Gasteiger partial charge in [-0.05, 0) is 42.8 Å². The van der Waals surface area contributed by atoms with E-state index in [-0.39, 0.29) is 29.7 Å². The number of rotatable bonds is 9. The maximum Gasteiger partial charge on any atom is 0.326 e. The first kappa shape index (κ1) is 28.9. The van der Waals surface area contributed by atoms with Crippen LogP contribution in [0.5, 0.6) is 0 Å². The minimum absolute atomic E-state index is 0. The van der Waals surface area contributed by atoms with Crippen LogP contribution in [0, 0.1) is 5.41 Å². The molecule has 206 valence electrons. The zero-order valence-corrected chi connectivity index (χ0v) is 23.9. The molecular formula is C28H26ClN5O4S2. The van der Waals surface area contributed by atoms with Crippen LogP contribution in [0.4, 0.5) is 5.69 Å². The molecule has 9 nitrogen and oxygen atoms in total. The van der Waals surface area contributed by atoms with Gasteiger partial charge in [0.15, 0.2) is 0 Å². The molecule has 2 aromatic heterocycles. The van der Waals surface area contributed by atoms with Gasteiger partial charge < -0.3 is 10.5 Å². The molecule has 0 fully saturated rings. The SMILES string of the molecule is CCOC(=O)CN(c1ccc2sc(Cc3ccc(C(=N)N)cc3)nc2c1)S(=O)(=O)c1cccc2cccnc12.Cl. The highest BCUT2D eigenvalue weighted by Gasteiger charge is 2.30. The average Bonchev–Trinajstić information content (AvgIpc) is 3.33. The molecule has 3 aromatic carbocycles. The summed E-state index contributed by atoms with van der Waals surface area (Å²) in [5, 5.41) is 9.06. The van der Waals surface area contributed by atoms with E-state index >= 15 is 0 Å². The lowest BCUT2D eigenvalue weighted by molar-refractivity contribution is -0.141. The Morgan fingerprint density at radius 1 is 1.07 bits per heavy atom. The van der Waals surface area contributed by atoms with Crippen molar-refractivity contribution in [2.45, 2.75) is 18.2 Å². The number of carbonyl (C=O) groups excluding carboxylic acids is 1. The summed E-state index contributed by atoms with van der Waals surface area (Å²) in [4.78, 5) is 21.6. The Bertz CT molecular complexity index is 1800. The number of para-hydroxylation sites is 1. The fourth-order valence-corrected chi connectivity index (χ4v) is 6.76. The van der Waals surface area contributed by atoms with Crippen molar-refractivity contribution in [1.82, 2.24) is 9.97 Å². The topological polar surface area (TPSA) is 139 Å². The second kappa shape index (κ2) is 12.0. The summed E-state index contributed by atoms with van der Waals surface area (Å²) < 4.78 is 35.0.